The molecule has 0 spiro atoms. The Balaban J connectivity index is 2.77. The van der Waals surface area contributed by atoms with Crippen LogP contribution in [0.3, 0.4) is 0 Å². The standard InChI is InChI=1S/C11H14N4O/c1-7(2)10-8-5-3-4-6-9(8)15(13-10)11(12)14-16/h3-7,16H,1-2H3,(H2,12,14). The lowest BCUT2D eigenvalue weighted by molar-refractivity contribution is 0.315. The highest BCUT2D eigenvalue weighted by molar-refractivity contribution is 5.93. The molecule has 0 unspecified atom stereocenters. The second kappa shape index (κ2) is 3.84. The van der Waals surface area contributed by atoms with Gasteiger partial charge >= 0.3 is 0 Å². The first kappa shape index (κ1) is 10.5. The SMILES string of the molecule is CC(C)c1nn(/C(N)=N/O)c2ccccc12. The topological polar surface area (TPSA) is 76.4 Å². The van der Waals surface area contributed by atoms with E-state index in [2.05, 4.69) is 24.1 Å². The minimum Gasteiger partial charge on any atom is -0.408 e. The zero-order chi connectivity index (χ0) is 11.7. The third-order valence-electron chi connectivity index (χ3n) is 2.48. The molecule has 1 aromatic carbocycles. The van der Waals surface area contributed by atoms with Crippen LogP contribution in [0.1, 0.15) is 25.5 Å². The van der Waals surface area contributed by atoms with E-state index in [9.17, 15) is 0 Å². The summed E-state index contributed by atoms with van der Waals surface area (Å²) >= 11 is 0. The Bertz CT molecular complexity index is 542. The highest BCUT2D eigenvalue weighted by atomic mass is 16.4. The van der Waals surface area contributed by atoms with Crippen molar-refractivity contribution in [2.75, 3.05) is 0 Å². The van der Waals surface area contributed by atoms with Crippen molar-refractivity contribution >= 4 is 16.9 Å². The normalized spacial score (nSPS) is 12.6. The van der Waals surface area contributed by atoms with Crippen molar-refractivity contribution in [3.63, 3.8) is 0 Å². The Morgan fingerprint density at radius 1 is 1.44 bits per heavy atom. The molecule has 0 fully saturated rings. The van der Waals surface area contributed by atoms with E-state index in [1.54, 1.807) is 0 Å². The molecule has 0 aliphatic rings. The average Bonchev–Trinajstić information content (AvgIpc) is 2.67. The fraction of sp³-hybridized carbons (Fsp3) is 0.273. The fourth-order valence-corrected chi connectivity index (χ4v) is 1.73. The third-order valence-corrected chi connectivity index (χ3v) is 2.48. The molecule has 5 heteroatoms. The van der Waals surface area contributed by atoms with E-state index in [0.717, 1.165) is 16.6 Å². The molecule has 84 valence electrons. The summed E-state index contributed by atoms with van der Waals surface area (Å²) in [6.45, 7) is 4.12. The van der Waals surface area contributed by atoms with Crippen LogP contribution >= 0.6 is 0 Å². The van der Waals surface area contributed by atoms with Gasteiger partial charge < -0.3 is 10.9 Å². The van der Waals surface area contributed by atoms with Gasteiger partial charge in [-0.2, -0.15) is 9.78 Å². The third kappa shape index (κ3) is 1.50. The molecule has 0 saturated carbocycles. The molecule has 0 amide bonds. The number of hydrogen-bond acceptors (Lipinski definition) is 3. The molecule has 0 aliphatic carbocycles. The van der Waals surface area contributed by atoms with Crippen molar-refractivity contribution in [2.24, 2.45) is 10.9 Å². The Labute approximate surface area is 93.2 Å². The second-order valence-corrected chi connectivity index (χ2v) is 3.93. The van der Waals surface area contributed by atoms with Crippen LogP contribution in [0.2, 0.25) is 0 Å². The van der Waals surface area contributed by atoms with E-state index in [-0.39, 0.29) is 11.9 Å². The number of nitrogens with zero attached hydrogens (tertiary/aromatic N) is 3. The summed E-state index contributed by atoms with van der Waals surface area (Å²) in [5.41, 5.74) is 7.37. The van der Waals surface area contributed by atoms with Crippen LogP contribution in [0.4, 0.5) is 0 Å². The van der Waals surface area contributed by atoms with Crippen LogP contribution in [0, 0.1) is 0 Å². The van der Waals surface area contributed by atoms with Crippen molar-refractivity contribution in [1.29, 1.82) is 0 Å². The number of aromatic nitrogens is 2. The van der Waals surface area contributed by atoms with Gasteiger partial charge in [-0.15, -0.1) is 0 Å². The molecular weight excluding hydrogens is 204 g/mol. The summed E-state index contributed by atoms with van der Waals surface area (Å²) in [6, 6.07) is 7.73. The predicted molar refractivity (Wildman–Crippen MR) is 62.6 cm³/mol. The lowest BCUT2D eigenvalue weighted by Crippen LogP contribution is -2.23. The van der Waals surface area contributed by atoms with Gasteiger partial charge in [-0.3, -0.25) is 0 Å². The number of rotatable bonds is 1. The van der Waals surface area contributed by atoms with Crippen molar-refractivity contribution in [3.05, 3.63) is 30.0 Å². The minimum atomic E-state index is -0.0249. The largest absolute Gasteiger partial charge is 0.408 e. The van der Waals surface area contributed by atoms with Crippen molar-refractivity contribution < 1.29 is 5.21 Å². The number of oxime groups is 1. The van der Waals surface area contributed by atoms with Crippen LogP contribution in [0.25, 0.3) is 10.9 Å². The molecule has 5 nitrogen and oxygen atoms in total. The Kier molecular flexibility index (Phi) is 2.52. The summed E-state index contributed by atoms with van der Waals surface area (Å²) in [7, 11) is 0. The van der Waals surface area contributed by atoms with E-state index in [1.165, 1.54) is 4.68 Å². The molecule has 0 saturated heterocycles. The van der Waals surface area contributed by atoms with E-state index in [0.29, 0.717) is 0 Å². The van der Waals surface area contributed by atoms with E-state index in [1.807, 2.05) is 24.3 Å². The van der Waals surface area contributed by atoms with Crippen LogP contribution in [0.15, 0.2) is 29.4 Å². The number of hydrogen-bond donors (Lipinski definition) is 2. The highest BCUT2D eigenvalue weighted by Crippen LogP contribution is 2.24. The Hall–Kier alpha value is -2.04. The van der Waals surface area contributed by atoms with Gasteiger partial charge in [0.05, 0.1) is 11.2 Å². The van der Waals surface area contributed by atoms with Gasteiger partial charge in [-0.05, 0) is 17.1 Å². The number of benzene rings is 1. The first-order valence-electron chi connectivity index (χ1n) is 5.10. The van der Waals surface area contributed by atoms with Crippen LogP contribution in [-0.4, -0.2) is 20.9 Å². The summed E-state index contributed by atoms with van der Waals surface area (Å²) in [5, 5.41) is 17.1. The summed E-state index contributed by atoms with van der Waals surface area (Å²) in [6.07, 6.45) is 0. The van der Waals surface area contributed by atoms with Crippen LogP contribution < -0.4 is 5.73 Å². The average molecular weight is 218 g/mol. The first-order chi connectivity index (χ1) is 7.65. The van der Waals surface area contributed by atoms with E-state index in [4.69, 9.17) is 10.9 Å². The molecule has 16 heavy (non-hydrogen) atoms. The maximum absolute atomic E-state index is 8.70. The quantitative estimate of drug-likeness (QED) is 0.331. The predicted octanol–water partition coefficient (Wildman–Crippen LogP) is 1.71. The fourth-order valence-electron chi connectivity index (χ4n) is 1.73. The number of para-hydroxylation sites is 1. The number of fused-ring (bicyclic) bond motifs is 1. The minimum absolute atomic E-state index is 0.0249. The zero-order valence-electron chi connectivity index (χ0n) is 9.25. The van der Waals surface area contributed by atoms with Gasteiger partial charge in [0.25, 0.3) is 5.96 Å². The van der Waals surface area contributed by atoms with Crippen LogP contribution in [0.5, 0.6) is 0 Å². The number of nitrogens with two attached hydrogens (primary N) is 1. The monoisotopic (exact) mass is 218 g/mol. The highest BCUT2D eigenvalue weighted by Gasteiger charge is 2.14. The molecular formula is C11H14N4O. The molecule has 1 aromatic heterocycles. The molecule has 2 rings (SSSR count). The van der Waals surface area contributed by atoms with Gasteiger partial charge in [-0.1, -0.05) is 32.0 Å². The molecule has 1 heterocycles. The Morgan fingerprint density at radius 3 is 2.75 bits per heavy atom. The summed E-state index contributed by atoms with van der Waals surface area (Å²) in [5.74, 6) is 0.265. The smallest absolute Gasteiger partial charge is 0.258 e. The Morgan fingerprint density at radius 2 is 2.12 bits per heavy atom. The summed E-state index contributed by atoms with van der Waals surface area (Å²) in [4.78, 5) is 0. The van der Waals surface area contributed by atoms with Crippen LogP contribution in [-0.2, 0) is 0 Å². The van der Waals surface area contributed by atoms with Crippen molar-refractivity contribution in [1.82, 2.24) is 9.78 Å². The van der Waals surface area contributed by atoms with Crippen molar-refractivity contribution in [2.45, 2.75) is 19.8 Å². The summed E-state index contributed by atoms with van der Waals surface area (Å²) < 4.78 is 1.45. The molecule has 0 radical (unpaired) electrons. The lowest BCUT2D eigenvalue weighted by atomic mass is 10.1. The van der Waals surface area contributed by atoms with Gasteiger partial charge in [0.15, 0.2) is 0 Å². The van der Waals surface area contributed by atoms with E-state index >= 15 is 0 Å². The molecule has 3 N–H and O–H groups in total. The maximum Gasteiger partial charge on any atom is 0.258 e. The zero-order valence-corrected chi connectivity index (χ0v) is 9.25. The molecule has 0 atom stereocenters. The van der Waals surface area contributed by atoms with E-state index < -0.39 is 0 Å². The van der Waals surface area contributed by atoms with Crippen molar-refractivity contribution in [3.8, 4) is 0 Å². The maximum atomic E-state index is 8.70. The van der Waals surface area contributed by atoms with Gasteiger partial charge in [-0.25, -0.2) is 0 Å². The van der Waals surface area contributed by atoms with Gasteiger partial charge in [0.1, 0.15) is 0 Å². The molecule has 0 aliphatic heterocycles. The first-order valence-corrected chi connectivity index (χ1v) is 5.10. The van der Waals surface area contributed by atoms with Gasteiger partial charge in [0, 0.05) is 5.39 Å². The molecule has 2 aromatic rings. The van der Waals surface area contributed by atoms with Gasteiger partial charge in [0.2, 0.25) is 0 Å². The lowest BCUT2D eigenvalue weighted by Gasteiger charge is -1.99. The molecule has 0 bridgehead atoms. The second-order valence-electron chi connectivity index (χ2n) is 3.93.